The number of nitrogens with two attached hydrogens (primary N) is 1. The zero-order valence-corrected chi connectivity index (χ0v) is 10.1. The summed E-state index contributed by atoms with van der Waals surface area (Å²) in [6.45, 7) is 0. The second-order valence-electron chi connectivity index (χ2n) is 4.65. The van der Waals surface area contributed by atoms with Crippen LogP contribution in [0.4, 0.5) is 0 Å². The molecule has 2 heteroatoms. The zero-order chi connectivity index (χ0) is 10.5. The van der Waals surface area contributed by atoms with Crippen LogP contribution in [-0.4, -0.2) is 0 Å². The van der Waals surface area contributed by atoms with Gasteiger partial charge in [0.2, 0.25) is 0 Å². The Bertz CT molecular complexity index is 260. The summed E-state index contributed by atoms with van der Waals surface area (Å²) in [4.78, 5) is 1.38. The van der Waals surface area contributed by atoms with Crippen LogP contribution in [0.5, 0.6) is 0 Å². The van der Waals surface area contributed by atoms with Crippen molar-refractivity contribution in [2.24, 2.45) is 11.7 Å². The first-order valence-corrected chi connectivity index (χ1v) is 7.05. The van der Waals surface area contributed by atoms with Gasteiger partial charge in [0.25, 0.3) is 0 Å². The molecule has 0 spiro atoms. The SMILES string of the molecule is NC(c1cccs1)C1CCCCCCC1. The number of rotatable bonds is 2. The Hall–Kier alpha value is -0.340. The summed E-state index contributed by atoms with van der Waals surface area (Å²) < 4.78 is 0. The highest BCUT2D eigenvalue weighted by atomic mass is 32.1. The normalized spacial score (nSPS) is 21.9. The number of hydrogen-bond acceptors (Lipinski definition) is 2. The van der Waals surface area contributed by atoms with E-state index in [1.807, 2.05) is 11.3 Å². The standard InChI is InChI=1S/C13H21NS/c14-13(12-9-6-10-15-12)11-7-4-2-1-3-5-8-11/h6,9-11,13H,1-5,7-8,14H2. The van der Waals surface area contributed by atoms with Crippen LogP contribution in [0.2, 0.25) is 0 Å². The lowest BCUT2D eigenvalue weighted by atomic mass is 9.86. The van der Waals surface area contributed by atoms with Crippen molar-refractivity contribution in [2.45, 2.75) is 51.0 Å². The molecule has 2 N–H and O–H groups in total. The highest BCUT2D eigenvalue weighted by molar-refractivity contribution is 7.10. The van der Waals surface area contributed by atoms with Crippen LogP contribution in [-0.2, 0) is 0 Å². The second-order valence-corrected chi connectivity index (χ2v) is 5.63. The molecule has 1 aromatic rings. The van der Waals surface area contributed by atoms with Gasteiger partial charge in [-0.2, -0.15) is 0 Å². The van der Waals surface area contributed by atoms with Gasteiger partial charge in [0.05, 0.1) is 0 Å². The Kier molecular flexibility index (Phi) is 4.21. The van der Waals surface area contributed by atoms with Gasteiger partial charge in [-0.1, -0.05) is 38.2 Å². The molecule has 1 aliphatic carbocycles. The van der Waals surface area contributed by atoms with E-state index in [1.54, 1.807) is 0 Å². The van der Waals surface area contributed by atoms with Gasteiger partial charge in [0.15, 0.2) is 0 Å². The van der Waals surface area contributed by atoms with Crippen LogP contribution < -0.4 is 5.73 Å². The summed E-state index contributed by atoms with van der Waals surface area (Å²) in [5.41, 5.74) is 6.35. The van der Waals surface area contributed by atoms with Gasteiger partial charge < -0.3 is 5.73 Å². The van der Waals surface area contributed by atoms with Gasteiger partial charge >= 0.3 is 0 Å². The first kappa shape index (κ1) is 11.2. The lowest BCUT2D eigenvalue weighted by molar-refractivity contribution is 0.330. The maximum atomic E-state index is 6.35. The van der Waals surface area contributed by atoms with E-state index >= 15 is 0 Å². The Labute approximate surface area is 96.7 Å². The molecule has 2 rings (SSSR count). The quantitative estimate of drug-likeness (QED) is 0.802. The minimum atomic E-state index is 0.295. The molecule has 0 bridgehead atoms. The van der Waals surface area contributed by atoms with Gasteiger partial charge in [-0.05, 0) is 30.2 Å². The smallest absolute Gasteiger partial charge is 0.0418 e. The minimum absolute atomic E-state index is 0.295. The summed E-state index contributed by atoms with van der Waals surface area (Å²) in [6.07, 6.45) is 9.67. The van der Waals surface area contributed by atoms with E-state index in [0.29, 0.717) is 6.04 Å². The highest BCUT2D eigenvalue weighted by Gasteiger charge is 2.20. The molecule has 1 heterocycles. The van der Waals surface area contributed by atoms with Gasteiger partial charge in [-0.3, -0.25) is 0 Å². The second kappa shape index (κ2) is 5.66. The van der Waals surface area contributed by atoms with Crippen LogP contribution in [0.15, 0.2) is 17.5 Å². The molecule has 1 aromatic heterocycles. The maximum Gasteiger partial charge on any atom is 0.0418 e. The molecule has 0 aromatic carbocycles. The average Bonchev–Trinajstić information content (AvgIpc) is 2.68. The molecule has 0 radical (unpaired) electrons. The summed E-state index contributed by atoms with van der Waals surface area (Å²) >= 11 is 1.81. The van der Waals surface area contributed by atoms with E-state index in [1.165, 1.54) is 49.8 Å². The Morgan fingerprint density at radius 1 is 1.13 bits per heavy atom. The first-order chi connectivity index (χ1) is 7.38. The third-order valence-electron chi connectivity index (χ3n) is 3.53. The molecule has 0 amide bonds. The molecule has 1 atom stereocenters. The minimum Gasteiger partial charge on any atom is -0.323 e. The van der Waals surface area contributed by atoms with Crippen molar-refractivity contribution in [1.29, 1.82) is 0 Å². The zero-order valence-electron chi connectivity index (χ0n) is 9.32. The monoisotopic (exact) mass is 223 g/mol. The molecule has 1 nitrogen and oxygen atoms in total. The van der Waals surface area contributed by atoms with Crippen molar-refractivity contribution in [3.05, 3.63) is 22.4 Å². The summed E-state index contributed by atoms with van der Waals surface area (Å²) in [6, 6.07) is 4.60. The molecular weight excluding hydrogens is 202 g/mol. The molecule has 0 saturated heterocycles. The molecule has 84 valence electrons. The topological polar surface area (TPSA) is 26.0 Å². The predicted molar refractivity (Wildman–Crippen MR) is 67.1 cm³/mol. The average molecular weight is 223 g/mol. The summed E-state index contributed by atoms with van der Waals surface area (Å²) in [5.74, 6) is 0.726. The van der Waals surface area contributed by atoms with E-state index in [9.17, 15) is 0 Å². The van der Waals surface area contributed by atoms with Crippen molar-refractivity contribution >= 4 is 11.3 Å². The third-order valence-corrected chi connectivity index (χ3v) is 4.50. The molecule has 1 saturated carbocycles. The van der Waals surface area contributed by atoms with Crippen LogP contribution >= 0.6 is 11.3 Å². The fourth-order valence-corrected chi connectivity index (χ4v) is 3.38. The Morgan fingerprint density at radius 2 is 1.80 bits per heavy atom. The number of thiophene rings is 1. The van der Waals surface area contributed by atoms with Gasteiger partial charge in [-0.25, -0.2) is 0 Å². The summed E-state index contributed by atoms with van der Waals surface area (Å²) in [5, 5.41) is 2.14. The van der Waals surface area contributed by atoms with Gasteiger partial charge in [0.1, 0.15) is 0 Å². The lowest BCUT2D eigenvalue weighted by Gasteiger charge is -2.24. The Morgan fingerprint density at radius 3 is 2.40 bits per heavy atom. The number of hydrogen-bond donors (Lipinski definition) is 1. The van der Waals surface area contributed by atoms with Crippen molar-refractivity contribution in [3.63, 3.8) is 0 Å². The van der Waals surface area contributed by atoms with Crippen molar-refractivity contribution in [2.75, 3.05) is 0 Å². The molecular formula is C13H21NS. The molecule has 15 heavy (non-hydrogen) atoms. The molecule has 0 aliphatic heterocycles. The van der Waals surface area contributed by atoms with Crippen molar-refractivity contribution in [1.82, 2.24) is 0 Å². The van der Waals surface area contributed by atoms with E-state index in [2.05, 4.69) is 17.5 Å². The van der Waals surface area contributed by atoms with Gasteiger partial charge in [0, 0.05) is 10.9 Å². The Balaban J connectivity index is 1.95. The lowest BCUT2D eigenvalue weighted by Crippen LogP contribution is -2.21. The van der Waals surface area contributed by atoms with Crippen molar-refractivity contribution < 1.29 is 0 Å². The molecule has 1 aliphatic rings. The molecule has 1 unspecified atom stereocenters. The first-order valence-electron chi connectivity index (χ1n) is 6.17. The van der Waals surface area contributed by atoms with Gasteiger partial charge in [-0.15, -0.1) is 11.3 Å². The van der Waals surface area contributed by atoms with E-state index < -0.39 is 0 Å². The van der Waals surface area contributed by atoms with E-state index in [-0.39, 0.29) is 0 Å². The fraction of sp³-hybridized carbons (Fsp3) is 0.692. The van der Waals surface area contributed by atoms with Crippen LogP contribution in [0.25, 0.3) is 0 Å². The largest absolute Gasteiger partial charge is 0.323 e. The van der Waals surface area contributed by atoms with Crippen molar-refractivity contribution in [3.8, 4) is 0 Å². The maximum absolute atomic E-state index is 6.35. The summed E-state index contributed by atoms with van der Waals surface area (Å²) in [7, 11) is 0. The van der Waals surface area contributed by atoms with E-state index in [0.717, 1.165) is 5.92 Å². The van der Waals surface area contributed by atoms with Crippen LogP contribution in [0.3, 0.4) is 0 Å². The predicted octanol–water partition coefficient (Wildman–Crippen LogP) is 4.11. The highest BCUT2D eigenvalue weighted by Crippen LogP contribution is 2.32. The van der Waals surface area contributed by atoms with E-state index in [4.69, 9.17) is 5.73 Å². The van der Waals surface area contributed by atoms with Crippen LogP contribution in [0.1, 0.15) is 55.9 Å². The molecule has 1 fully saturated rings. The van der Waals surface area contributed by atoms with Crippen LogP contribution in [0, 0.1) is 5.92 Å². The fourth-order valence-electron chi connectivity index (χ4n) is 2.56. The third kappa shape index (κ3) is 3.05.